The van der Waals surface area contributed by atoms with E-state index in [-0.39, 0.29) is 20.3 Å². The molecule has 56 valence electrons. The van der Waals surface area contributed by atoms with E-state index in [1.807, 2.05) is 0 Å². The van der Waals surface area contributed by atoms with Gasteiger partial charge in [0.15, 0.2) is 0 Å². The van der Waals surface area contributed by atoms with E-state index in [1.54, 1.807) is 0 Å². The van der Waals surface area contributed by atoms with Crippen molar-refractivity contribution in [2.75, 3.05) is 0 Å². The van der Waals surface area contributed by atoms with Gasteiger partial charge in [0.2, 0.25) is 6.36 Å². The molecule has 0 aromatic heterocycles. The largest absolute Gasteiger partial charge is 1.00 e. The van der Waals surface area contributed by atoms with Crippen molar-refractivity contribution in [3.63, 3.8) is 0 Å². The van der Waals surface area contributed by atoms with Crippen LogP contribution in [-0.4, -0.2) is 16.1 Å². The minimum Gasteiger partial charge on any atom is -1.00 e. The zero-order valence-corrected chi connectivity index (χ0v) is 6.29. The fourth-order valence-corrected chi connectivity index (χ4v) is 0.523. The second kappa shape index (κ2) is 5.08. The van der Waals surface area contributed by atoms with Crippen LogP contribution in [0.25, 0.3) is 0 Å². The summed E-state index contributed by atoms with van der Waals surface area (Å²) in [6.45, 7) is 2.90. The van der Waals surface area contributed by atoms with Crippen LogP contribution in [0.1, 0.15) is 1.43 Å². The van der Waals surface area contributed by atoms with Crippen LogP contribution in [0.2, 0.25) is 0 Å². The Labute approximate surface area is 71.0 Å². The molecular formula is C3H7FLiO4P. The van der Waals surface area contributed by atoms with Gasteiger partial charge in [-0.2, -0.15) is 0 Å². The van der Waals surface area contributed by atoms with E-state index in [4.69, 9.17) is 9.79 Å². The standard InChI is InChI=1S/C3H6FO4P.Li.H/c1-2-3(4)8-9(5,6)7;;/h2-3H,1H2,(H2,5,6,7);;/q;+1;-1. The van der Waals surface area contributed by atoms with E-state index >= 15 is 0 Å². The van der Waals surface area contributed by atoms with Crippen molar-refractivity contribution in [1.82, 2.24) is 0 Å². The Balaban J connectivity index is -0.000000320. The summed E-state index contributed by atoms with van der Waals surface area (Å²) in [5.41, 5.74) is 0. The minimum atomic E-state index is -4.68. The molecule has 7 heteroatoms. The quantitative estimate of drug-likeness (QED) is 0.279. The van der Waals surface area contributed by atoms with Gasteiger partial charge in [-0.25, -0.2) is 13.5 Å². The first-order valence-electron chi connectivity index (χ1n) is 1.96. The summed E-state index contributed by atoms with van der Waals surface area (Å²) >= 11 is 0. The third kappa shape index (κ3) is 8.38. The first kappa shape index (κ1) is 13.0. The predicted molar refractivity (Wildman–Crippen MR) is 29.3 cm³/mol. The smallest absolute Gasteiger partial charge is 1.00 e. The van der Waals surface area contributed by atoms with Gasteiger partial charge >= 0.3 is 26.7 Å². The van der Waals surface area contributed by atoms with Crippen LogP contribution >= 0.6 is 7.82 Å². The van der Waals surface area contributed by atoms with Gasteiger partial charge in [0.05, 0.1) is 0 Å². The van der Waals surface area contributed by atoms with Crippen LogP contribution in [-0.2, 0) is 9.09 Å². The maximum Gasteiger partial charge on any atom is 1.00 e. The Kier molecular flexibility index (Phi) is 6.61. The summed E-state index contributed by atoms with van der Waals surface area (Å²) in [5, 5.41) is 0. The van der Waals surface area contributed by atoms with E-state index in [0.717, 1.165) is 0 Å². The fraction of sp³-hybridized carbons (Fsp3) is 0.333. The number of hydrogen-bond donors (Lipinski definition) is 2. The number of halogens is 1. The molecule has 0 spiro atoms. The van der Waals surface area contributed by atoms with E-state index in [9.17, 15) is 8.96 Å². The van der Waals surface area contributed by atoms with Crippen molar-refractivity contribution in [3.8, 4) is 0 Å². The molecule has 0 aromatic carbocycles. The summed E-state index contributed by atoms with van der Waals surface area (Å²) in [6, 6.07) is 0. The zero-order valence-electron chi connectivity index (χ0n) is 6.40. The Morgan fingerprint density at radius 1 is 1.80 bits per heavy atom. The van der Waals surface area contributed by atoms with Gasteiger partial charge in [0.1, 0.15) is 0 Å². The van der Waals surface area contributed by atoms with Gasteiger partial charge in [-0.3, -0.25) is 0 Å². The predicted octanol–water partition coefficient (Wildman–Crippen LogP) is -2.31. The number of phosphoric acid groups is 1. The molecule has 0 aliphatic heterocycles. The topological polar surface area (TPSA) is 66.8 Å². The molecule has 0 aliphatic rings. The van der Waals surface area contributed by atoms with Crippen LogP contribution in [0.15, 0.2) is 12.7 Å². The Bertz CT molecular complexity index is 150. The summed E-state index contributed by atoms with van der Waals surface area (Å²) in [7, 11) is -4.68. The van der Waals surface area contributed by atoms with Gasteiger partial charge in [-0.1, -0.05) is 6.58 Å². The van der Waals surface area contributed by atoms with Crippen molar-refractivity contribution >= 4 is 7.82 Å². The first-order valence-corrected chi connectivity index (χ1v) is 3.49. The molecule has 0 aliphatic carbocycles. The van der Waals surface area contributed by atoms with Crippen LogP contribution in [0.4, 0.5) is 4.39 Å². The van der Waals surface area contributed by atoms with Crippen molar-refractivity contribution in [2.24, 2.45) is 0 Å². The number of phosphoric ester groups is 1. The molecule has 0 saturated heterocycles. The second-order valence-corrected chi connectivity index (χ2v) is 2.37. The van der Waals surface area contributed by atoms with Crippen molar-refractivity contribution in [1.29, 1.82) is 0 Å². The Morgan fingerprint density at radius 3 is 2.30 bits per heavy atom. The maximum absolute atomic E-state index is 11.8. The summed E-state index contributed by atoms with van der Waals surface area (Å²) < 4.78 is 25.0. The summed E-state index contributed by atoms with van der Waals surface area (Å²) in [4.78, 5) is 15.8. The molecule has 2 N–H and O–H groups in total. The van der Waals surface area contributed by atoms with Crippen molar-refractivity contribution < 1.29 is 43.6 Å². The van der Waals surface area contributed by atoms with Crippen LogP contribution in [0.5, 0.6) is 0 Å². The van der Waals surface area contributed by atoms with Gasteiger partial charge in [0.25, 0.3) is 0 Å². The summed E-state index contributed by atoms with van der Waals surface area (Å²) in [5.74, 6) is 0. The van der Waals surface area contributed by atoms with Crippen LogP contribution in [0, 0.1) is 0 Å². The Morgan fingerprint density at radius 2 is 2.20 bits per heavy atom. The zero-order chi connectivity index (χ0) is 7.49. The molecule has 0 aromatic rings. The van der Waals surface area contributed by atoms with E-state index in [2.05, 4.69) is 11.1 Å². The molecule has 4 nitrogen and oxygen atoms in total. The second-order valence-electron chi connectivity index (χ2n) is 1.18. The monoisotopic (exact) mass is 164 g/mol. The molecule has 0 saturated carbocycles. The van der Waals surface area contributed by atoms with Crippen molar-refractivity contribution in [2.45, 2.75) is 6.36 Å². The number of alkyl halides is 1. The molecule has 1 atom stereocenters. The summed E-state index contributed by atoms with van der Waals surface area (Å²) in [6.07, 6.45) is -1.47. The minimum absolute atomic E-state index is 0. The molecule has 0 radical (unpaired) electrons. The van der Waals surface area contributed by atoms with Gasteiger partial charge in [-0.05, 0) is 6.08 Å². The van der Waals surface area contributed by atoms with Crippen LogP contribution < -0.4 is 18.9 Å². The molecule has 1 unspecified atom stereocenters. The average molecular weight is 164 g/mol. The maximum atomic E-state index is 11.8. The first-order chi connectivity index (χ1) is 3.95. The normalized spacial score (nSPS) is 13.5. The number of rotatable bonds is 3. The average Bonchev–Trinajstić information content (AvgIpc) is 1.62. The van der Waals surface area contributed by atoms with Gasteiger partial charge in [0, 0.05) is 0 Å². The van der Waals surface area contributed by atoms with E-state index in [0.29, 0.717) is 6.08 Å². The number of hydrogen-bond acceptors (Lipinski definition) is 2. The third-order valence-corrected chi connectivity index (χ3v) is 0.899. The molecule has 0 rings (SSSR count). The molecule has 0 amide bonds. The fourth-order valence-electron chi connectivity index (χ4n) is 0.174. The van der Waals surface area contributed by atoms with Gasteiger partial charge in [-0.15, -0.1) is 0 Å². The molecule has 0 fully saturated rings. The molecule has 0 bridgehead atoms. The third-order valence-electron chi connectivity index (χ3n) is 0.423. The van der Waals surface area contributed by atoms with E-state index in [1.165, 1.54) is 0 Å². The molecule has 10 heavy (non-hydrogen) atoms. The van der Waals surface area contributed by atoms with Gasteiger partial charge < -0.3 is 11.2 Å². The molecular weight excluding hydrogens is 157 g/mol. The molecule has 0 heterocycles. The van der Waals surface area contributed by atoms with Crippen LogP contribution in [0.3, 0.4) is 0 Å². The Hall–Kier alpha value is 0.377. The SMILES string of the molecule is C=CC(F)OP(=O)(O)O.[H-].[Li+]. The van der Waals surface area contributed by atoms with E-state index < -0.39 is 14.2 Å². The van der Waals surface area contributed by atoms with Crippen molar-refractivity contribution in [3.05, 3.63) is 12.7 Å².